The van der Waals surface area contributed by atoms with Crippen LogP contribution in [-0.2, 0) is 31.8 Å². The van der Waals surface area contributed by atoms with Crippen molar-refractivity contribution in [3.8, 4) is 11.6 Å². The normalized spacial score (nSPS) is 17.4. The lowest BCUT2D eigenvalue weighted by Crippen LogP contribution is -2.41. The van der Waals surface area contributed by atoms with Gasteiger partial charge in [-0.3, -0.25) is 0 Å². The molecule has 4 aliphatic heterocycles. The first-order valence-electron chi connectivity index (χ1n) is 26.8. The van der Waals surface area contributed by atoms with Crippen LogP contribution in [0.25, 0.3) is 33.4 Å². The van der Waals surface area contributed by atoms with Gasteiger partial charge in [-0.2, -0.15) is 10.2 Å². The highest BCUT2D eigenvalue weighted by molar-refractivity contribution is 5.83. The summed E-state index contributed by atoms with van der Waals surface area (Å²) in [5, 5.41) is 11.8. The van der Waals surface area contributed by atoms with Crippen LogP contribution in [0.2, 0.25) is 0 Å². The van der Waals surface area contributed by atoms with Crippen LogP contribution in [0.1, 0.15) is 127 Å². The number of aromatic nitrogens is 8. The standard InChI is InChI=1S/2C28H38N6O3/c1-6-24-29-25(32-11-13-36-14-12-32)17-26(30-24)34-18-21-15-19(2)22(16-23(21)31-34)20-7-9-33(10-8-20)27(35)37-28(3,4)5;1-6-24-30-25(32-11-13-36-14-12-32)17-26(31-24)34-23-16-22(19(2)15-21(23)18-29-34)20-7-9-33(10-8-20)27(35)37-28(3,4)5/h2*15-18,20H,6-14H2,1-5H3. The van der Waals surface area contributed by atoms with Crippen molar-refractivity contribution >= 4 is 45.6 Å². The van der Waals surface area contributed by atoms with E-state index in [1.165, 1.54) is 22.3 Å². The second-order valence-electron chi connectivity index (χ2n) is 22.1. The molecule has 0 N–H and O–H groups in total. The van der Waals surface area contributed by atoms with Crippen molar-refractivity contribution in [1.82, 2.24) is 49.3 Å². The van der Waals surface area contributed by atoms with Crippen LogP contribution in [0, 0.1) is 13.8 Å². The molecule has 74 heavy (non-hydrogen) atoms. The Balaban J connectivity index is 0.000000182. The molecule has 2 aromatic carbocycles. The van der Waals surface area contributed by atoms with Crippen molar-refractivity contribution in [2.75, 3.05) is 88.6 Å². The first-order valence-corrected chi connectivity index (χ1v) is 26.8. The summed E-state index contributed by atoms with van der Waals surface area (Å²) in [4.78, 5) is 52.3. The van der Waals surface area contributed by atoms with Crippen LogP contribution in [0.4, 0.5) is 21.2 Å². The molecule has 0 saturated carbocycles. The average molecular weight is 1010 g/mol. The fourth-order valence-corrected chi connectivity index (χ4v) is 10.4. The number of likely N-dealkylation sites (tertiary alicyclic amines) is 2. The molecule has 2 amide bonds. The van der Waals surface area contributed by atoms with Crippen molar-refractivity contribution in [1.29, 1.82) is 0 Å². The number of fused-ring (bicyclic) bond motifs is 2. The summed E-state index contributed by atoms with van der Waals surface area (Å²) in [6, 6.07) is 13.0. The topological polar surface area (TPSA) is 171 Å². The summed E-state index contributed by atoms with van der Waals surface area (Å²) in [6.07, 6.45) is 8.71. The third kappa shape index (κ3) is 12.4. The molecular formula is C56H76N12O6. The van der Waals surface area contributed by atoms with E-state index in [1.807, 2.05) is 79.0 Å². The molecule has 396 valence electrons. The number of anilines is 2. The van der Waals surface area contributed by atoms with E-state index < -0.39 is 11.2 Å². The second-order valence-corrected chi connectivity index (χ2v) is 22.1. The number of amides is 2. The van der Waals surface area contributed by atoms with Gasteiger partial charge in [0, 0.05) is 94.3 Å². The van der Waals surface area contributed by atoms with E-state index in [2.05, 4.69) is 68.0 Å². The van der Waals surface area contributed by atoms with Crippen LogP contribution in [0.3, 0.4) is 0 Å². The van der Waals surface area contributed by atoms with E-state index in [0.717, 1.165) is 121 Å². The largest absolute Gasteiger partial charge is 0.444 e. The molecule has 0 bridgehead atoms. The van der Waals surface area contributed by atoms with Gasteiger partial charge in [-0.25, -0.2) is 38.9 Å². The molecule has 18 heteroatoms. The van der Waals surface area contributed by atoms with E-state index in [9.17, 15) is 9.59 Å². The Morgan fingerprint density at radius 1 is 0.581 bits per heavy atom. The predicted octanol–water partition coefficient (Wildman–Crippen LogP) is 9.27. The fraction of sp³-hybridized carbons (Fsp3) is 0.571. The zero-order chi connectivity index (χ0) is 52.3. The summed E-state index contributed by atoms with van der Waals surface area (Å²) in [5.74, 6) is 5.83. The minimum atomic E-state index is -0.478. The van der Waals surface area contributed by atoms with Gasteiger partial charge in [-0.15, -0.1) is 0 Å². The molecule has 4 aromatic heterocycles. The number of rotatable bonds is 8. The summed E-state index contributed by atoms with van der Waals surface area (Å²) >= 11 is 0. The maximum atomic E-state index is 12.5. The van der Waals surface area contributed by atoms with Gasteiger partial charge in [-0.1, -0.05) is 13.8 Å². The molecule has 10 rings (SSSR count). The van der Waals surface area contributed by atoms with Gasteiger partial charge in [0.25, 0.3) is 0 Å². The van der Waals surface area contributed by atoms with Gasteiger partial charge in [0.15, 0.2) is 11.6 Å². The van der Waals surface area contributed by atoms with Crippen molar-refractivity contribution in [2.45, 2.75) is 131 Å². The Bertz CT molecular complexity index is 2920. The monoisotopic (exact) mass is 1010 g/mol. The molecule has 0 atom stereocenters. The predicted molar refractivity (Wildman–Crippen MR) is 287 cm³/mol. The van der Waals surface area contributed by atoms with Crippen molar-refractivity contribution in [3.63, 3.8) is 0 Å². The van der Waals surface area contributed by atoms with Crippen LogP contribution < -0.4 is 9.80 Å². The van der Waals surface area contributed by atoms with Gasteiger partial charge >= 0.3 is 12.2 Å². The molecule has 18 nitrogen and oxygen atoms in total. The molecule has 4 saturated heterocycles. The number of hydrogen-bond acceptors (Lipinski definition) is 14. The van der Waals surface area contributed by atoms with Crippen molar-refractivity contribution in [2.24, 2.45) is 0 Å². The van der Waals surface area contributed by atoms with Gasteiger partial charge < -0.3 is 38.5 Å². The highest BCUT2D eigenvalue weighted by Crippen LogP contribution is 2.36. The molecule has 4 fully saturated rings. The summed E-state index contributed by atoms with van der Waals surface area (Å²) in [6.45, 7) is 28.9. The number of morpholine rings is 2. The van der Waals surface area contributed by atoms with Gasteiger partial charge in [0.1, 0.15) is 34.5 Å². The molecule has 0 radical (unpaired) electrons. The smallest absolute Gasteiger partial charge is 0.410 e. The maximum Gasteiger partial charge on any atom is 0.410 e. The van der Waals surface area contributed by atoms with E-state index in [4.69, 9.17) is 49.1 Å². The van der Waals surface area contributed by atoms with Crippen LogP contribution >= 0.6 is 0 Å². The maximum absolute atomic E-state index is 12.5. The van der Waals surface area contributed by atoms with E-state index >= 15 is 0 Å². The van der Waals surface area contributed by atoms with Gasteiger partial charge in [0.05, 0.1) is 43.7 Å². The molecule has 0 unspecified atom stereocenters. The van der Waals surface area contributed by atoms with Crippen molar-refractivity contribution in [3.05, 3.63) is 82.7 Å². The number of aryl methyl sites for hydroxylation is 4. The Labute approximate surface area is 435 Å². The average Bonchev–Trinajstić information content (AvgIpc) is 4.01. The number of hydrogen-bond donors (Lipinski definition) is 0. The summed E-state index contributed by atoms with van der Waals surface area (Å²) < 4.78 is 26.0. The minimum Gasteiger partial charge on any atom is -0.444 e. The number of nitrogens with zero attached hydrogens (tertiary/aromatic N) is 12. The lowest BCUT2D eigenvalue weighted by atomic mass is 9.86. The number of benzene rings is 2. The molecule has 0 spiro atoms. The van der Waals surface area contributed by atoms with E-state index in [0.29, 0.717) is 64.4 Å². The summed E-state index contributed by atoms with van der Waals surface area (Å²) in [7, 11) is 0. The third-order valence-corrected chi connectivity index (χ3v) is 14.3. The van der Waals surface area contributed by atoms with E-state index in [-0.39, 0.29) is 12.2 Å². The Morgan fingerprint density at radius 2 is 1.03 bits per heavy atom. The van der Waals surface area contributed by atoms with Gasteiger partial charge in [0.2, 0.25) is 0 Å². The second kappa shape index (κ2) is 22.2. The lowest BCUT2D eigenvalue weighted by molar-refractivity contribution is 0.0194. The van der Waals surface area contributed by atoms with Crippen LogP contribution in [-0.4, -0.2) is 151 Å². The molecular weight excluding hydrogens is 937 g/mol. The Hall–Kier alpha value is -6.40. The molecule has 8 heterocycles. The lowest BCUT2D eigenvalue weighted by Gasteiger charge is -2.34. The quantitative estimate of drug-likeness (QED) is 0.141. The Morgan fingerprint density at radius 3 is 1.51 bits per heavy atom. The number of piperidine rings is 2. The number of carbonyl (C=O) groups excluding carboxylic acids is 2. The number of ether oxygens (including phenoxy) is 4. The minimum absolute atomic E-state index is 0.218. The zero-order valence-electron chi connectivity index (χ0n) is 45.3. The van der Waals surface area contributed by atoms with E-state index in [1.54, 1.807) is 0 Å². The Kier molecular flexibility index (Phi) is 15.7. The van der Waals surface area contributed by atoms with Gasteiger partial charge in [-0.05, 0) is 139 Å². The van der Waals surface area contributed by atoms with Crippen LogP contribution in [0.5, 0.6) is 0 Å². The highest BCUT2D eigenvalue weighted by atomic mass is 16.6. The molecule has 6 aromatic rings. The number of carbonyl (C=O) groups is 2. The summed E-state index contributed by atoms with van der Waals surface area (Å²) in [5.41, 5.74) is 6.20. The van der Waals surface area contributed by atoms with Crippen LogP contribution in [0.15, 0.2) is 48.8 Å². The third-order valence-electron chi connectivity index (χ3n) is 14.3. The first kappa shape index (κ1) is 52.5. The molecule has 4 aliphatic rings. The SMILES string of the molecule is CCc1nc(N2CCOCC2)cc(-n2cc3cc(C)c(C4CCN(C(=O)OC(C)(C)C)CC4)cc3n2)n1.CCc1nc(N2CCOCC2)cc(-n2ncc3cc(C)c(C4CCN(C(=O)OC(C)(C)C)CC4)cc32)n1. The van der Waals surface area contributed by atoms with Crippen molar-refractivity contribution < 1.29 is 28.5 Å². The zero-order valence-corrected chi connectivity index (χ0v) is 45.3. The first-order chi connectivity index (χ1) is 35.4. The highest BCUT2D eigenvalue weighted by Gasteiger charge is 2.31. The fourth-order valence-electron chi connectivity index (χ4n) is 10.4. The molecule has 0 aliphatic carbocycles.